The zero-order chi connectivity index (χ0) is 18.5. The highest BCUT2D eigenvalue weighted by Gasteiger charge is 2.12. The normalized spacial score (nSPS) is 15.2. The minimum atomic E-state index is -0.995. The van der Waals surface area contributed by atoms with Gasteiger partial charge in [0, 0.05) is 24.2 Å². The molecule has 1 aliphatic heterocycles. The van der Waals surface area contributed by atoms with E-state index in [0.717, 1.165) is 41.3 Å². The van der Waals surface area contributed by atoms with E-state index in [1.807, 2.05) is 30.3 Å². The number of furan rings is 1. The molecule has 0 aliphatic carbocycles. The first-order chi connectivity index (χ1) is 12.5. The number of nitrogens with one attached hydrogen (secondary N) is 1. The van der Waals surface area contributed by atoms with E-state index in [0.29, 0.717) is 13.0 Å². The molecule has 6 heteroatoms. The lowest BCUT2D eigenvalue weighted by molar-refractivity contribution is -0.138. The van der Waals surface area contributed by atoms with Crippen molar-refractivity contribution >= 4 is 11.8 Å². The highest BCUT2D eigenvalue weighted by molar-refractivity contribution is 5.94. The molecule has 0 unspecified atom stereocenters. The van der Waals surface area contributed by atoms with Crippen molar-refractivity contribution in [3.63, 3.8) is 0 Å². The first-order valence-corrected chi connectivity index (χ1v) is 8.62. The monoisotopic (exact) mass is 353 g/mol. The second-order valence-corrected chi connectivity index (χ2v) is 6.53. The Bertz CT molecular complexity index is 834. The van der Waals surface area contributed by atoms with Crippen molar-refractivity contribution in [3.05, 3.63) is 59.4 Å². The number of nitrogens with two attached hydrogens (primary N) is 1. The molecule has 0 amide bonds. The average molecular weight is 353 g/mol. The third-order valence-corrected chi connectivity index (χ3v) is 4.31. The third kappa shape index (κ3) is 4.61. The number of carbonyl (C=O) groups is 1. The van der Waals surface area contributed by atoms with E-state index in [4.69, 9.17) is 15.3 Å². The molecule has 0 radical (unpaired) electrons. The fourth-order valence-electron chi connectivity index (χ4n) is 2.77. The van der Waals surface area contributed by atoms with Crippen molar-refractivity contribution in [1.29, 1.82) is 0 Å². The molecule has 1 aromatic carbocycles. The SMILES string of the molecule is CC1=CC(NCc2coc(-c3ccc(C[C@H](N)C(=O)O)cc3)c2)=NCC1. The van der Waals surface area contributed by atoms with Gasteiger partial charge in [-0.1, -0.05) is 29.8 Å². The molecule has 0 bridgehead atoms. The first kappa shape index (κ1) is 17.9. The van der Waals surface area contributed by atoms with Gasteiger partial charge in [0.25, 0.3) is 0 Å². The minimum Gasteiger partial charge on any atom is -0.480 e. The number of carboxylic acids is 1. The van der Waals surface area contributed by atoms with Crippen LogP contribution in [0.3, 0.4) is 0 Å². The first-order valence-electron chi connectivity index (χ1n) is 8.62. The number of benzene rings is 1. The number of nitrogens with zero attached hydrogens (tertiary/aromatic N) is 1. The van der Waals surface area contributed by atoms with Crippen LogP contribution in [0.2, 0.25) is 0 Å². The summed E-state index contributed by atoms with van der Waals surface area (Å²) in [6.07, 6.45) is 5.13. The number of hydrogen-bond donors (Lipinski definition) is 3. The Kier molecular flexibility index (Phi) is 5.53. The fraction of sp³-hybridized carbons (Fsp3) is 0.300. The number of dihydropyridines is 1. The number of carboxylic acid groups (broad SMARTS) is 1. The molecule has 1 atom stereocenters. The molecule has 0 saturated heterocycles. The van der Waals surface area contributed by atoms with E-state index in [1.165, 1.54) is 5.57 Å². The molecule has 1 aromatic heterocycles. The van der Waals surface area contributed by atoms with Crippen LogP contribution in [-0.2, 0) is 17.8 Å². The molecule has 136 valence electrons. The predicted molar refractivity (Wildman–Crippen MR) is 101 cm³/mol. The van der Waals surface area contributed by atoms with E-state index in [9.17, 15) is 4.79 Å². The van der Waals surface area contributed by atoms with Gasteiger partial charge in [-0.25, -0.2) is 0 Å². The van der Waals surface area contributed by atoms with Gasteiger partial charge in [-0.15, -0.1) is 0 Å². The largest absolute Gasteiger partial charge is 0.480 e. The number of hydrogen-bond acceptors (Lipinski definition) is 5. The molecule has 1 aliphatic rings. The van der Waals surface area contributed by atoms with E-state index >= 15 is 0 Å². The third-order valence-electron chi connectivity index (χ3n) is 4.31. The van der Waals surface area contributed by atoms with Crippen LogP contribution >= 0.6 is 0 Å². The Morgan fingerprint density at radius 1 is 1.35 bits per heavy atom. The number of aliphatic imine (C=N–C) groups is 1. The second-order valence-electron chi connectivity index (χ2n) is 6.53. The van der Waals surface area contributed by atoms with Crippen molar-refractivity contribution in [2.24, 2.45) is 10.7 Å². The number of amidine groups is 1. The molecule has 2 heterocycles. The smallest absolute Gasteiger partial charge is 0.320 e. The van der Waals surface area contributed by atoms with Crippen LogP contribution in [-0.4, -0.2) is 29.5 Å². The summed E-state index contributed by atoms with van der Waals surface area (Å²) in [6.45, 7) is 3.59. The van der Waals surface area contributed by atoms with Crippen LogP contribution in [0.5, 0.6) is 0 Å². The summed E-state index contributed by atoms with van der Waals surface area (Å²) >= 11 is 0. The van der Waals surface area contributed by atoms with Gasteiger partial charge in [0.2, 0.25) is 0 Å². The van der Waals surface area contributed by atoms with Crippen LogP contribution in [0.15, 0.2) is 57.7 Å². The van der Waals surface area contributed by atoms with Crippen LogP contribution in [0.25, 0.3) is 11.3 Å². The summed E-state index contributed by atoms with van der Waals surface area (Å²) in [4.78, 5) is 15.3. The lowest BCUT2D eigenvalue weighted by atomic mass is 10.0. The molecular formula is C20H23N3O3. The molecule has 26 heavy (non-hydrogen) atoms. The summed E-state index contributed by atoms with van der Waals surface area (Å²) in [5.41, 5.74) is 9.76. The van der Waals surface area contributed by atoms with Crippen LogP contribution in [0.4, 0.5) is 0 Å². The molecule has 0 saturated carbocycles. The molecule has 2 aromatic rings. The summed E-state index contributed by atoms with van der Waals surface area (Å²) in [5.74, 6) is 0.689. The van der Waals surface area contributed by atoms with Gasteiger partial charge in [-0.3, -0.25) is 9.79 Å². The van der Waals surface area contributed by atoms with Crippen LogP contribution in [0, 0.1) is 0 Å². The molecule has 6 nitrogen and oxygen atoms in total. The van der Waals surface area contributed by atoms with Crippen molar-refractivity contribution in [1.82, 2.24) is 5.32 Å². The Morgan fingerprint density at radius 2 is 2.12 bits per heavy atom. The summed E-state index contributed by atoms with van der Waals surface area (Å²) in [5, 5.41) is 12.2. The van der Waals surface area contributed by atoms with Crippen molar-refractivity contribution in [3.8, 4) is 11.3 Å². The summed E-state index contributed by atoms with van der Waals surface area (Å²) in [7, 11) is 0. The number of aliphatic carboxylic acids is 1. The molecule has 4 N–H and O–H groups in total. The Balaban J connectivity index is 1.60. The Morgan fingerprint density at radius 3 is 2.81 bits per heavy atom. The molecular weight excluding hydrogens is 330 g/mol. The summed E-state index contributed by atoms with van der Waals surface area (Å²) in [6, 6.07) is 8.69. The summed E-state index contributed by atoms with van der Waals surface area (Å²) < 4.78 is 5.66. The van der Waals surface area contributed by atoms with Crippen LogP contribution in [0.1, 0.15) is 24.5 Å². The van der Waals surface area contributed by atoms with Gasteiger partial charge < -0.3 is 20.6 Å². The maximum Gasteiger partial charge on any atom is 0.320 e. The quantitative estimate of drug-likeness (QED) is 0.741. The van der Waals surface area contributed by atoms with Gasteiger partial charge in [0.05, 0.1) is 6.26 Å². The topological polar surface area (TPSA) is 101 Å². The van der Waals surface area contributed by atoms with Crippen molar-refractivity contribution in [2.45, 2.75) is 32.4 Å². The lowest BCUT2D eigenvalue weighted by Gasteiger charge is -2.11. The van der Waals surface area contributed by atoms with Gasteiger partial charge in [-0.2, -0.15) is 0 Å². The second kappa shape index (κ2) is 8.01. The standard InChI is InChI=1S/C20H23N3O3/c1-13-6-7-22-19(8-13)23-11-15-10-18(26-12-15)16-4-2-14(3-5-16)9-17(21)20(24)25/h2-5,8,10,12,17H,6-7,9,11,21H2,1H3,(H,22,23)(H,24,25)/t17-/m0/s1. The highest BCUT2D eigenvalue weighted by Crippen LogP contribution is 2.23. The van der Waals surface area contributed by atoms with E-state index in [-0.39, 0.29) is 0 Å². The van der Waals surface area contributed by atoms with Crippen molar-refractivity contribution < 1.29 is 14.3 Å². The zero-order valence-electron chi connectivity index (χ0n) is 14.7. The lowest BCUT2D eigenvalue weighted by Crippen LogP contribution is -2.32. The van der Waals surface area contributed by atoms with Gasteiger partial charge in [0.1, 0.15) is 17.6 Å². The minimum absolute atomic E-state index is 0.304. The average Bonchev–Trinajstić information content (AvgIpc) is 3.09. The molecule has 0 fully saturated rings. The molecule has 3 rings (SSSR count). The Hall–Kier alpha value is -2.86. The van der Waals surface area contributed by atoms with E-state index in [2.05, 4.69) is 23.3 Å². The molecule has 0 spiro atoms. The van der Waals surface area contributed by atoms with Gasteiger partial charge in [-0.05, 0) is 37.5 Å². The van der Waals surface area contributed by atoms with Crippen molar-refractivity contribution in [2.75, 3.05) is 6.54 Å². The van der Waals surface area contributed by atoms with E-state index < -0.39 is 12.0 Å². The van der Waals surface area contributed by atoms with Crippen LogP contribution < -0.4 is 11.1 Å². The van der Waals surface area contributed by atoms with Gasteiger partial charge >= 0.3 is 5.97 Å². The number of rotatable bonds is 6. The van der Waals surface area contributed by atoms with E-state index in [1.54, 1.807) is 6.26 Å². The zero-order valence-corrected chi connectivity index (χ0v) is 14.7. The predicted octanol–water partition coefficient (Wildman–Crippen LogP) is 2.74. The Labute approximate surface area is 152 Å². The maximum absolute atomic E-state index is 10.8. The maximum atomic E-state index is 10.8. The van der Waals surface area contributed by atoms with Gasteiger partial charge in [0.15, 0.2) is 0 Å². The fourth-order valence-corrected chi connectivity index (χ4v) is 2.77. The highest BCUT2D eigenvalue weighted by atomic mass is 16.4.